The highest BCUT2D eigenvalue weighted by atomic mass is 16.6. The third-order valence-electron chi connectivity index (χ3n) is 2.52. The Morgan fingerprint density at radius 1 is 1.37 bits per heavy atom. The van der Waals surface area contributed by atoms with Gasteiger partial charge in [0.1, 0.15) is 12.1 Å². The maximum absolute atomic E-state index is 11.6. The fourth-order valence-electron chi connectivity index (χ4n) is 1.52. The van der Waals surface area contributed by atoms with Gasteiger partial charge in [0, 0.05) is 18.2 Å². The average molecular weight is 267 g/mol. The van der Waals surface area contributed by atoms with Gasteiger partial charge in [0.25, 0.3) is 5.69 Å². The Kier molecular flexibility index (Phi) is 4.96. The molecule has 0 bridgehead atoms. The monoisotopic (exact) mass is 267 g/mol. The van der Waals surface area contributed by atoms with E-state index in [9.17, 15) is 20.0 Å². The van der Waals surface area contributed by atoms with E-state index < -0.39 is 23.0 Å². The predicted octanol–water partition coefficient (Wildman–Crippen LogP) is 0.480. The molecular formula is C12H17N3O4. The van der Waals surface area contributed by atoms with Gasteiger partial charge >= 0.3 is 0 Å². The van der Waals surface area contributed by atoms with Gasteiger partial charge in [-0.15, -0.1) is 0 Å². The fraction of sp³-hybridized carbons (Fsp3) is 0.417. The summed E-state index contributed by atoms with van der Waals surface area (Å²) < 4.78 is 0. The molecule has 1 rings (SSSR count). The van der Waals surface area contributed by atoms with Crippen molar-refractivity contribution < 1.29 is 14.8 Å². The molecular weight excluding hydrogens is 250 g/mol. The summed E-state index contributed by atoms with van der Waals surface area (Å²) in [5.74, 6) is -0.471. The van der Waals surface area contributed by atoms with Crippen LogP contribution in [0.15, 0.2) is 24.3 Å². The number of nitrogens with one attached hydrogen (secondary N) is 1. The number of nitrogens with two attached hydrogens (primary N) is 1. The van der Waals surface area contributed by atoms with E-state index in [2.05, 4.69) is 5.32 Å². The average Bonchev–Trinajstić information content (AvgIpc) is 2.36. The quantitative estimate of drug-likeness (QED) is 0.529. The number of hydrogen-bond donors (Lipinski definition) is 3. The van der Waals surface area contributed by atoms with Crippen molar-refractivity contribution in [3.05, 3.63) is 39.9 Å². The highest BCUT2D eigenvalue weighted by Crippen LogP contribution is 2.19. The molecule has 1 amide bonds. The van der Waals surface area contributed by atoms with Crippen LogP contribution in [-0.2, 0) is 4.79 Å². The Bertz CT molecular complexity index is 459. The molecule has 0 unspecified atom stereocenters. The van der Waals surface area contributed by atoms with Crippen molar-refractivity contribution in [1.29, 1.82) is 0 Å². The smallest absolute Gasteiger partial charge is 0.269 e. The zero-order chi connectivity index (χ0) is 14.6. The number of aliphatic hydroxyl groups is 1. The number of nitro benzene ring substituents is 1. The van der Waals surface area contributed by atoms with Crippen LogP contribution in [0.25, 0.3) is 0 Å². The molecule has 0 aliphatic rings. The second-order valence-corrected chi connectivity index (χ2v) is 4.48. The number of carbonyl (C=O) groups is 1. The summed E-state index contributed by atoms with van der Waals surface area (Å²) in [6, 6.07) is 4.07. The summed E-state index contributed by atoms with van der Waals surface area (Å²) in [7, 11) is 0. The molecule has 0 fully saturated rings. The second-order valence-electron chi connectivity index (χ2n) is 4.48. The number of aliphatic hydroxyl groups excluding tert-OH is 1. The minimum Gasteiger partial charge on any atom is -0.386 e. The maximum atomic E-state index is 11.6. The molecule has 0 saturated heterocycles. The van der Waals surface area contributed by atoms with E-state index in [0.29, 0.717) is 5.56 Å². The van der Waals surface area contributed by atoms with E-state index in [-0.39, 0.29) is 11.7 Å². The zero-order valence-corrected chi connectivity index (χ0v) is 10.7. The van der Waals surface area contributed by atoms with E-state index in [1.165, 1.54) is 24.3 Å². The fourth-order valence-corrected chi connectivity index (χ4v) is 1.52. The SMILES string of the molecule is CC(C)NC(=O)[C@H](N)[C@@H](O)c1ccc([N+](=O)[O-])cc1. The molecule has 0 aliphatic carbocycles. The Balaban J connectivity index is 2.79. The number of hydrogen-bond acceptors (Lipinski definition) is 5. The molecule has 0 spiro atoms. The van der Waals surface area contributed by atoms with Crippen LogP contribution >= 0.6 is 0 Å². The zero-order valence-electron chi connectivity index (χ0n) is 10.7. The molecule has 1 aromatic rings. The number of nitrogens with zero attached hydrogens (tertiary/aromatic N) is 1. The Morgan fingerprint density at radius 3 is 2.32 bits per heavy atom. The van der Waals surface area contributed by atoms with Gasteiger partial charge in [0.2, 0.25) is 5.91 Å². The van der Waals surface area contributed by atoms with Crippen molar-refractivity contribution >= 4 is 11.6 Å². The van der Waals surface area contributed by atoms with Gasteiger partial charge in [-0.2, -0.15) is 0 Å². The van der Waals surface area contributed by atoms with Crippen LogP contribution in [0.3, 0.4) is 0 Å². The molecule has 0 heterocycles. The summed E-state index contributed by atoms with van der Waals surface area (Å²) >= 11 is 0. The molecule has 104 valence electrons. The summed E-state index contributed by atoms with van der Waals surface area (Å²) in [6.45, 7) is 3.56. The lowest BCUT2D eigenvalue weighted by Crippen LogP contribution is -2.46. The molecule has 0 aliphatic heterocycles. The summed E-state index contributed by atoms with van der Waals surface area (Å²) in [4.78, 5) is 21.6. The van der Waals surface area contributed by atoms with Crippen LogP contribution in [0.2, 0.25) is 0 Å². The van der Waals surface area contributed by atoms with E-state index >= 15 is 0 Å². The van der Waals surface area contributed by atoms with Gasteiger partial charge in [-0.3, -0.25) is 14.9 Å². The molecule has 1 aromatic carbocycles. The standard InChI is InChI=1S/C12H17N3O4/c1-7(2)14-12(17)10(13)11(16)8-3-5-9(6-4-8)15(18)19/h3-7,10-11,16H,13H2,1-2H3,(H,14,17)/t10-,11+/m1/s1. The van der Waals surface area contributed by atoms with Crippen molar-refractivity contribution in [3.8, 4) is 0 Å². The first kappa shape index (κ1) is 15.1. The Hall–Kier alpha value is -1.99. The van der Waals surface area contributed by atoms with Gasteiger partial charge in [-0.1, -0.05) is 0 Å². The van der Waals surface area contributed by atoms with Crippen LogP contribution in [0.1, 0.15) is 25.5 Å². The first-order chi connectivity index (χ1) is 8.82. The first-order valence-electron chi connectivity index (χ1n) is 5.81. The third-order valence-corrected chi connectivity index (χ3v) is 2.52. The third kappa shape index (κ3) is 4.01. The van der Waals surface area contributed by atoms with Gasteiger partial charge in [-0.05, 0) is 31.5 Å². The van der Waals surface area contributed by atoms with E-state index in [1.54, 1.807) is 13.8 Å². The molecule has 4 N–H and O–H groups in total. The minimum atomic E-state index is -1.21. The number of amides is 1. The number of rotatable bonds is 5. The summed E-state index contributed by atoms with van der Waals surface area (Å²) in [5, 5.41) is 23.0. The lowest BCUT2D eigenvalue weighted by Gasteiger charge is -2.20. The van der Waals surface area contributed by atoms with Crippen molar-refractivity contribution in [3.63, 3.8) is 0 Å². The molecule has 7 heteroatoms. The Morgan fingerprint density at radius 2 is 1.89 bits per heavy atom. The Labute approximate surface area is 110 Å². The van der Waals surface area contributed by atoms with Crippen LogP contribution in [0.5, 0.6) is 0 Å². The van der Waals surface area contributed by atoms with Crippen LogP contribution in [0, 0.1) is 10.1 Å². The maximum Gasteiger partial charge on any atom is 0.269 e. The second kappa shape index (κ2) is 6.26. The molecule has 19 heavy (non-hydrogen) atoms. The molecule has 0 saturated carbocycles. The van der Waals surface area contributed by atoms with Gasteiger partial charge in [0.05, 0.1) is 4.92 Å². The van der Waals surface area contributed by atoms with Crippen molar-refractivity contribution in [2.45, 2.75) is 32.0 Å². The normalized spacial score (nSPS) is 13.9. The molecule has 0 aromatic heterocycles. The summed E-state index contributed by atoms with van der Waals surface area (Å²) in [5.41, 5.74) is 5.91. The number of benzene rings is 1. The lowest BCUT2D eigenvalue weighted by atomic mass is 10.0. The lowest BCUT2D eigenvalue weighted by molar-refractivity contribution is -0.384. The van der Waals surface area contributed by atoms with Crippen molar-refractivity contribution in [2.24, 2.45) is 5.73 Å². The highest BCUT2D eigenvalue weighted by molar-refractivity contribution is 5.82. The van der Waals surface area contributed by atoms with Crippen LogP contribution in [-0.4, -0.2) is 28.0 Å². The minimum absolute atomic E-state index is 0.0809. The number of carbonyl (C=O) groups excluding carboxylic acids is 1. The van der Waals surface area contributed by atoms with E-state index in [4.69, 9.17) is 5.73 Å². The summed E-state index contributed by atoms with van der Waals surface area (Å²) in [6.07, 6.45) is -1.21. The van der Waals surface area contributed by atoms with E-state index in [1.807, 2.05) is 0 Å². The first-order valence-corrected chi connectivity index (χ1v) is 5.81. The van der Waals surface area contributed by atoms with Gasteiger partial charge in [0.15, 0.2) is 0 Å². The van der Waals surface area contributed by atoms with Crippen molar-refractivity contribution in [1.82, 2.24) is 5.32 Å². The number of non-ortho nitro benzene ring substituents is 1. The van der Waals surface area contributed by atoms with Crippen molar-refractivity contribution in [2.75, 3.05) is 0 Å². The number of nitro groups is 1. The molecule has 0 radical (unpaired) electrons. The van der Waals surface area contributed by atoms with Crippen LogP contribution < -0.4 is 11.1 Å². The topological polar surface area (TPSA) is 118 Å². The predicted molar refractivity (Wildman–Crippen MR) is 69.3 cm³/mol. The molecule has 2 atom stereocenters. The van der Waals surface area contributed by atoms with Gasteiger partial charge in [-0.25, -0.2) is 0 Å². The molecule has 7 nitrogen and oxygen atoms in total. The largest absolute Gasteiger partial charge is 0.386 e. The van der Waals surface area contributed by atoms with Gasteiger partial charge < -0.3 is 16.2 Å². The van der Waals surface area contributed by atoms with E-state index in [0.717, 1.165) is 0 Å². The highest BCUT2D eigenvalue weighted by Gasteiger charge is 2.24. The van der Waals surface area contributed by atoms with Crippen LogP contribution in [0.4, 0.5) is 5.69 Å².